The predicted octanol–water partition coefficient (Wildman–Crippen LogP) is 3.43. The van der Waals surface area contributed by atoms with Gasteiger partial charge in [0.1, 0.15) is 5.76 Å². The summed E-state index contributed by atoms with van der Waals surface area (Å²) >= 11 is 0. The quantitative estimate of drug-likeness (QED) is 0.810. The number of carbonyl (C=O) groups is 1. The molecule has 0 saturated carbocycles. The van der Waals surface area contributed by atoms with Gasteiger partial charge in [0.25, 0.3) is 0 Å². The zero-order valence-electron chi connectivity index (χ0n) is 9.67. The Labute approximate surface area is 102 Å². The number of halogens is 3. The number of hydrogen-bond donors (Lipinski definition) is 0. The van der Waals surface area contributed by atoms with Crippen LogP contribution in [0.2, 0.25) is 0 Å². The average molecular weight is 256 g/mol. The van der Waals surface area contributed by atoms with Crippen LogP contribution in [0.5, 0.6) is 0 Å². The molecule has 96 valence electrons. The van der Waals surface area contributed by atoms with E-state index in [4.69, 9.17) is 4.74 Å². The molecule has 0 atom stereocenters. The Bertz CT molecular complexity index is 498. The molecule has 0 N–H and O–H groups in total. The third kappa shape index (κ3) is 2.25. The molecule has 0 aromatic heterocycles. The maximum Gasteiger partial charge on any atom is 0.416 e. The minimum absolute atomic E-state index is 0.0911. The Balaban J connectivity index is 2.38. The smallest absolute Gasteiger partial charge is 0.416 e. The van der Waals surface area contributed by atoms with Crippen molar-refractivity contribution in [2.45, 2.75) is 19.0 Å². The fourth-order valence-corrected chi connectivity index (χ4v) is 1.98. The van der Waals surface area contributed by atoms with E-state index in [2.05, 4.69) is 0 Å². The summed E-state index contributed by atoms with van der Waals surface area (Å²) in [6.45, 7) is 0. The number of Topliss-reactive ketones (excluding diaryl/α,β-unsaturated/α-hetero) is 1. The number of rotatable bonds is 2. The van der Waals surface area contributed by atoms with E-state index in [1.807, 2.05) is 0 Å². The summed E-state index contributed by atoms with van der Waals surface area (Å²) < 4.78 is 42.3. The van der Waals surface area contributed by atoms with Crippen LogP contribution in [-0.4, -0.2) is 12.9 Å². The molecule has 0 unspecified atom stereocenters. The van der Waals surface area contributed by atoms with Gasteiger partial charge in [-0.1, -0.05) is 12.1 Å². The van der Waals surface area contributed by atoms with Gasteiger partial charge < -0.3 is 4.74 Å². The van der Waals surface area contributed by atoms with Crippen molar-refractivity contribution in [1.29, 1.82) is 0 Å². The van der Waals surface area contributed by atoms with Gasteiger partial charge in [0.2, 0.25) is 0 Å². The van der Waals surface area contributed by atoms with Crippen molar-refractivity contribution in [3.05, 3.63) is 41.2 Å². The van der Waals surface area contributed by atoms with Crippen molar-refractivity contribution in [1.82, 2.24) is 0 Å². The van der Waals surface area contributed by atoms with Crippen molar-refractivity contribution in [2.75, 3.05) is 7.11 Å². The van der Waals surface area contributed by atoms with Gasteiger partial charge in [0, 0.05) is 12.8 Å². The van der Waals surface area contributed by atoms with Gasteiger partial charge in [-0.25, -0.2) is 0 Å². The van der Waals surface area contributed by atoms with E-state index >= 15 is 0 Å². The predicted molar refractivity (Wildman–Crippen MR) is 59.6 cm³/mol. The molecule has 18 heavy (non-hydrogen) atoms. The van der Waals surface area contributed by atoms with E-state index in [1.165, 1.54) is 19.2 Å². The zero-order chi connectivity index (χ0) is 13.3. The largest absolute Gasteiger partial charge is 0.500 e. The lowest BCUT2D eigenvalue weighted by atomic mass is 10.0. The first kappa shape index (κ1) is 12.7. The maximum atomic E-state index is 12.4. The second-order valence-corrected chi connectivity index (χ2v) is 4.00. The lowest BCUT2D eigenvalue weighted by molar-refractivity contribution is -0.137. The second kappa shape index (κ2) is 4.48. The van der Waals surface area contributed by atoms with Crippen LogP contribution in [0.3, 0.4) is 0 Å². The summed E-state index contributed by atoms with van der Waals surface area (Å²) in [5.74, 6) is 0.450. The van der Waals surface area contributed by atoms with Gasteiger partial charge in [-0.2, -0.15) is 13.2 Å². The third-order valence-corrected chi connectivity index (χ3v) is 2.88. The standard InChI is InChI=1S/C13H11F3O2/c1-18-11-7-6-10(17)12(11)8-2-4-9(5-3-8)13(14,15)16/h2-5H,6-7H2,1H3. The van der Waals surface area contributed by atoms with Crippen molar-refractivity contribution < 1.29 is 22.7 Å². The Morgan fingerprint density at radius 2 is 1.72 bits per heavy atom. The van der Waals surface area contributed by atoms with Crippen LogP contribution in [0.25, 0.3) is 5.57 Å². The summed E-state index contributed by atoms with van der Waals surface area (Å²) in [5, 5.41) is 0. The molecule has 0 amide bonds. The molecule has 0 spiro atoms. The maximum absolute atomic E-state index is 12.4. The van der Waals surface area contributed by atoms with Crippen molar-refractivity contribution in [3.8, 4) is 0 Å². The zero-order valence-corrected chi connectivity index (χ0v) is 9.67. The van der Waals surface area contributed by atoms with Crippen molar-refractivity contribution in [3.63, 3.8) is 0 Å². The Morgan fingerprint density at radius 3 is 2.22 bits per heavy atom. The molecule has 1 aromatic carbocycles. The molecule has 0 aliphatic heterocycles. The lowest BCUT2D eigenvalue weighted by Crippen LogP contribution is -2.05. The second-order valence-electron chi connectivity index (χ2n) is 4.00. The molecule has 1 aliphatic carbocycles. The summed E-state index contributed by atoms with van der Waals surface area (Å²) in [6, 6.07) is 4.56. The molecule has 2 rings (SSSR count). The molecular formula is C13H11F3O2. The summed E-state index contributed by atoms with van der Waals surface area (Å²) in [4.78, 5) is 11.7. The Morgan fingerprint density at radius 1 is 1.11 bits per heavy atom. The average Bonchev–Trinajstić information content (AvgIpc) is 2.69. The summed E-state index contributed by atoms with van der Waals surface area (Å²) in [7, 11) is 1.46. The summed E-state index contributed by atoms with van der Waals surface area (Å²) in [5.41, 5.74) is 0.143. The normalized spacial score (nSPS) is 16.3. The highest BCUT2D eigenvalue weighted by Crippen LogP contribution is 2.34. The van der Waals surface area contributed by atoms with Crippen LogP contribution >= 0.6 is 0 Å². The van der Waals surface area contributed by atoms with Crippen molar-refractivity contribution in [2.24, 2.45) is 0 Å². The molecule has 0 fully saturated rings. The molecule has 0 saturated heterocycles. The lowest BCUT2D eigenvalue weighted by Gasteiger charge is -2.09. The number of allylic oxidation sites excluding steroid dienone is 2. The van der Waals surface area contributed by atoms with Gasteiger partial charge in [-0.05, 0) is 17.7 Å². The molecule has 0 bridgehead atoms. The van der Waals surface area contributed by atoms with E-state index in [-0.39, 0.29) is 5.78 Å². The van der Waals surface area contributed by atoms with Crippen LogP contribution < -0.4 is 0 Å². The number of ketones is 1. The van der Waals surface area contributed by atoms with E-state index < -0.39 is 11.7 Å². The monoisotopic (exact) mass is 256 g/mol. The van der Waals surface area contributed by atoms with Gasteiger partial charge in [-0.15, -0.1) is 0 Å². The van der Waals surface area contributed by atoms with Gasteiger partial charge in [0.15, 0.2) is 5.78 Å². The number of ether oxygens (including phenoxy) is 1. The number of methoxy groups -OCH3 is 1. The van der Waals surface area contributed by atoms with Gasteiger partial charge in [0.05, 0.1) is 18.2 Å². The topological polar surface area (TPSA) is 26.3 Å². The molecule has 0 radical (unpaired) electrons. The first-order valence-electron chi connectivity index (χ1n) is 5.41. The van der Waals surface area contributed by atoms with Crippen LogP contribution in [0, 0.1) is 0 Å². The number of hydrogen-bond acceptors (Lipinski definition) is 2. The van der Waals surface area contributed by atoms with Crippen LogP contribution in [-0.2, 0) is 15.7 Å². The van der Waals surface area contributed by atoms with E-state index in [0.29, 0.717) is 29.7 Å². The number of benzene rings is 1. The first-order valence-corrected chi connectivity index (χ1v) is 5.41. The molecule has 1 aromatic rings. The minimum atomic E-state index is -4.36. The highest BCUT2D eigenvalue weighted by molar-refractivity contribution is 6.23. The van der Waals surface area contributed by atoms with E-state index in [9.17, 15) is 18.0 Å². The van der Waals surface area contributed by atoms with Gasteiger partial charge in [-0.3, -0.25) is 4.79 Å². The molecule has 5 heteroatoms. The number of alkyl halides is 3. The van der Waals surface area contributed by atoms with Crippen molar-refractivity contribution >= 4 is 11.4 Å². The highest BCUT2D eigenvalue weighted by Gasteiger charge is 2.31. The van der Waals surface area contributed by atoms with Gasteiger partial charge >= 0.3 is 6.18 Å². The Hall–Kier alpha value is -1.78. The molecule has 1 aliphatic rings. The first-order chi connectivity index (χ1) is 8.43. The van der Waals surface area contributed by atoms with E-state index in [0.717, 1.165) is 12.1 Å². The Kier molecular flexibility index (Phi) is 3.15. The fraction of sp³-hybridized carbons (Fsp3) is 0.308. The SMILES string of the molecule is COC1=C(c2ccc(C(F)(F)F)cc2)C(=O)CC1. The van der Waals surface area contributed by atoms with Crippen LogP contribution in [0.15, 0.2) is 30.0 Å². The summed E-state index contributed by atoms with van der Waals surface area (Å²) in [6.07, 6.45) is -3.51. The third-order valence-electron chi connectivity index (χ3n) is 2.88. The highest BCUT2D eigenvalue weighted by atomic mass is 19.4. The molecule has 2 nitrogen and oxygen atoms in total. The van der Waals surface area contributed by atoms with Crippen LogP contribution in [0.1, 0.15) is 24.0 Å². The fourth-order valence-electron chi connectivity index (χ4n) is 1.98. The molecule has 0 heterocycles. The molecular weight excluding hydrogens is 245 g/mol. The number of carbonyl (C=O) groups excluding carboxylic acids is 1. The van der Waals surface area contributed by atoms with Crippen LogP contribution in [0.4, 0.5) is 13.2 Å². The van der Waals surface area contributed by atoms with E-state index in [1.54, 1.807) is 0 Å². The minimum Gasteiger partial charge on any atom is -0.500 e.